The van der Waals surface area contributed by atoms with Gasteiger partial charge in [0, 0.05) is 30.5 Å². The van der Waals surface area contributed by atoms with Gasteiger partial charge in [0.1, 0.15) is 36.0 Å². The van der Waals surface area contributed by atoms with E-state index >= 15 is 0 Å². The topological polar surface area (TPSA) is 147 Å². The highest BCUT2D eigenvalue weighted by Crippen LogP contribution is 2.36. The molecule has 0 fully saturated rings. The molecule has 0 spiro atoms. The van der Waals surface area contributed by atoms with Crippen molar-refractivity contribution < 1.29 is 32.2 Å². The molecule has 0 saturated carbocycles. The van der Waals surface area contributed by atoms with Crippen LogP contribution in [0.1, 0.15) is 17.0 Å². The molecular formula is C21H20F2N5O5P. The number of phosphoric ester groups is 1. The molecule has 5 N–H and O–H groups in total. The molecule has 3 aromatic rings. The molecular weight excluding hydrogens is 471 g/mol. The van der Waals surface area contributed by atoms with Crippen LogP contribution in [-0.2, 0) is 15.5 Å². The molecule has 0 saturated heterocycles. The van der Waals surface area contributed by atoms with E-state index in [0.717, 1.165) is 17.7 Å². The summed E-state index contributed by atoms with van der Waals surface area (Å²) in [6.45, 7) is -0.414. The summed E-state index contributed by atoms with van der Waals surface area (Å²) in [6.07, 6.45) is 6.02. The van der Waals surface area contributed by atoms with Crippen LogP contribution in [-0.4, -0.2) is 37.7 Å². The van der Waals surface area contributed by atoms with Gasteiger partial charge in [0.15, 0.2) is 5.76 Å². The van der Waals surface area contributed by atoms with Crippen molar-refractivity contribution in [1.82, 2.24) is 15.0 Å². The molecule has 3 heterocycles. The van der Waals surface area contributed by atoms with Crippen molar-refractivity contribution in [3.05, 3.63) is 89.6 Å². The Balaban J connectivity index is 1.40. The molecule has 0 radical (unpaired) electrons. The quantitative estimate of drug-likeness (QED) is 0.346. The standard InChI is InChI=1S/C21H20F2N5O5P/c22-16-4-1-5-17(23)20(16)26-19-7-6-13(11-25-19)9-14-10-18(33-27-14)15-3-2-8-28(21(15)24)12-32-34(29,30)31/h1-8,10-11,21H,9,12,24H2,(H,25,26)(H2,29,30,31). The molecule has 1 unspecified atom stereocenters. The number of hydrogen-bond donors (Lipinski definition) is 4. The molecule has 34 heavy (non-hydrogen) atoms. The summed E-state index contributed by atoms with van der Waals surface area (Å²) in [5.41, 5.74) is 7.78. The van der Waals surface area contributed by atoms with Crippen LogP contribution >= 0.6 is 7.82 Å². The van der Waals surface area contributed by atoms with Crippen LogP contribution < -0.4 is 11.1 Å². The fraction of sp³-hybridized carbons (Fsp3) is 0.143. The van der Waals surface area contributed by atoms with E-state index in [4.69, 9.17) is 20.0 Å². The molecule has 1 aliphatic heterocycles. The van der Waals surface area contributed by atoms with Gasteiger partial charge in [-0.05, 0) is 29.8 Å². The summed E-state index contributed by atoms with van der Waals surface area (Å²) >= 11 is 0. The first-order chi connectivity index (χ1) is 16.2. The number of halogens is 2. The smallest absolute Gasteiger partial charge is 0.356 e. The highest BCUT2D eigenvalue weighted by atomic mass is 31.2. The number of benzene rings is 1. The molecule has 4 rings (SSSR count). The first-order valence-electron chi connectivity index (χ1n) is 9.91. The monoisotopic (exact) mass is 491 g/mol. The van der Waals surface area contributed by atoms with Crippen molar-refractivity contribution in [2.45, 2.75) is 12.6 Å². The van der Waals surface area contributed by atoms with Gasteiger partial charge in [-0.1, -0.05) is 23.4 Å². The summed E-state index contributed by atoms with van der Waals surface area (Å²) in [7, 11) is -4.65. The summed E-state index contributed by atoms with van der Waals surface area (Å²) < 4.78 is 48.4. The zero-order valence-electron chi connectivity index (χ0n) is 17.5. The van der Waals surface area contributed by atoms with E-state index in [9.17, 15) is 13.3 Å². The van der Waals surface area contributed by atoms with Crippen molar-refractivity contribution in [2.24, 2.45) is 5.73 Å². The SMILES string of the molecule is NC1C(c2cc(Cc3ccc(Nc4c(F)cccc4F)nc3)no2)=CC=CN1COP(=O)(O)O. The second-order valence-electron chi connectivity index (χ2n) is 7.30. The lowest BCUT2D eigenvalue weighted by molar-refractivity contribution is 0.110. The van der Waals surface area contributed by atoms with E-state index in [1.165, 1.54) is 17.2 Å². The van der Waals surface area contributed by atoms with E-state index in [1.807, 2.05) is 0 Å². The summed E-state index contributed by atoms with van der Waals surface area (Å²) in [4.78, 5) is 23.4. The average Bonchev–Trinajstić information content (AvgIpc) is 3.24. The van der Waals surface area contributed by atoms with Crippen molar-refractivity contribution in [1.29, 1.82) is 0 Å². The Morgan fingerprint density at radius 2 is 2.00 bits per heavy atom. The van der Waals surface area contributed by atoms with Crippen molar-refractivity contribution in [3.8, 4) is 0 Å². The summed E-state index contributed by atoms with van der Waals surface area (Å²) in [6, 6.07) is 8.58. The van der Waals surface area contributed by atoms with Gasteiger partial charge in [0.2, 0.25) is 0 Å². The fourth-order valence-electron chi connectivity index (χ4n) is 3.21. The maximum absolute atomic E-state index is 13.8. The third kappa shape index (κ3) is 5.74. The number of aromatic nitrogens is 2. The average molecular weight is 491 g/mol. The van der Waals surface area contributed by atoms with Gasteiger partial charge < -0.3 is 30.3 Å². The first kappa shape index (κ1) is 23.7. The first-order valence-corrected chi connectivity index (χ1v) is 11.4. The molecule has 0 amide bonds. The maximum atomic E-state index is 13.8. The molecule has 0 aliphatic carbocycles. The van der Waals surface area contributed by atoms with Gasteiger partial charge in [0.05, 0.1) is 5.69 Å². The third-order valence-corrected chi connectivity index (χ3v) is 5.33. The number of hydrogen-bond acceptors (Lipinski definition) is 8. The Labute approximate surface area is 192 Å². The maximum Gasteiger partial charge on any atom is 0.471 e. The van der Waals surface area contributed by atoms with E-state index in [0.29, 0.717) is 23.4 Å². The van der Waals surface area contributed by atoms with E-state index in [-0.39, 0.29) is 11.5 Å². The number of nitrogens with one attached hydrogen (secondary N) is 1. The van der Waals surface area contributed by atoms with Gasteiger partial charge >= 0.3 is 7.82 Å². The predicted octanol–water partition coefficient (Wildman–Crippen LogP) is 3.25. The number of pyridine rings is 1. The Morgan fingerprint density at radius 3 is 2.68 bits per heavy atom. The lowest BCUT2D eigenvalue weighted by Crippen LogP contribution is -2.41. The van der Waals surface area contributed by atoms with Crippen LogP contribution in [0.2, 0.25) is 0 Å². The molecule has 1 atom stereocenters. The van der Waals surface area contributed by atoms with Gasteiger partial charge in [-0.25, -0.2) is 18.3 Å². The number of nitrogens with zero attached hydrogens (tertiary/aromatic N) is 3. The fourth-order valence-corrected chi connectivity index (χ4v) is 3.49. The molecule has 2 aromatic heterocycles. The normalized spacial score (nSPS) is 16.0. The number of phosphoric acid groups is 1. The zero-order valence-corrected chi connectivity index (χ0v) is 18.4. The van der Waals surface area contributed by atoms with E-state index in [1.54, 1.807) is 36.5 Å². The number of anilines is 2. The molecule has 178 valence electrons. The molecule has 13 heteroatoms. The van der Waals surface area contributed by atoms with E-state index in [2.05, 4.69) is 20.0 Å². The minimum Gasteiger partial charge on any atom is -0.356 e. The minimum absolute atomic E-state index is 0.274. The van der Waals surface area contributed by atoms with E-state index < -0.39 is 32.4 Å². The van der Waals surface area contributed by atoms with Crippen molar-refractivity contribution in [2.75, 3.05) is 12.0 Å². The molecule has 0 bridgehead atoms. The van der Waals surface area contributed by atoms with Crippen molar-refractivity contribution in [3.63, 3.8) is 0 Å². The Bertz CT molecular complexity index is 1250. The second-order valence-corrected chi connectivity index (χ2v) is 8.54. The number of allylic oxidation sites excluding steroid dienone is 2. The minimum atomic E-state index is -4.65. The summed E-state index contributed by atoms with van der Waals surface area (Å²) in [5.74, 6) is -0.790. The van der Waals surface area contributed by atoms with Crippen LogP contribution in [0, 0.1) is 11.6 Å². The lowest BCUT2D eigenvalue weighted by atomic mass is 10.1. The van der Waals surface area contributed by atoms with Crippen LogP contribution in [0.4, 0.5) is 20.3 Å². The Kier molecular flexibility index (Phi) is 6.87. The van der Waals surface area contributed by atoms with Gasteiger partial charge in [-0.3, -0.25) is 4.52 Å². The molecule has 10 nitrogen and oxygen atoms in total. The van der Waals surface area contributed by atoms with Crippen molar-refractivity contribution >= 4 is 24.9 Å². The second kappa shape index (κ2) is 9.84. The Morgan fingerprint density at radius 1 is 1.24 bits per heavy atom. The third-order valence-electron chi connectivity index (χ3n) is 4.87. The zero-order chi connectivity index (χ0) is 24.3. The summed E-state index contributed by atoms with van der Waals surface area (Å²) in [5, 5.41) is 6.65. The lowest BCUT2D eigenvalue weighted by Gasteiger charge is -2.30. The number of nitrogens with two attached hydrogens (primary N) is 1. The number of para-hydroxylation sites is 1. The highest BCUT2D eigenvalue weighted by molar-refractivity contribution is 7.46. The van der Waals surface area contributed by atoms with Crippen LogP contribution in [0.15, 0.2) is 65.5 Å². The Hall–Kier alpha value is -3.41. The van der Waals surface area contributed by atoms with Crippen LogP contribution in [0.25, 0.3) is 5.57 Å². The van der Waals surface area contributed by atoms with Gasteiger partial charge in [0.25, 0.3) is 0 Å². The van der Waals surface area contributed by atoms with Crippen LogP contribution in [0.3, 0.4) is 0 Å². The number of rotatable bonds is 8. The predicted molar refractivity (Wildman–Crippen MR) is 118 cm³/mol. The van der Waals surface area contributed by atoms with Gasteiger partial charge in [-0.2, -0.15) is 0 Å². The molecule has 1 aromatic carbocycles. The highest BCUT2D eigenvalue weighted by Gasteiger charge is 2.25. The molecule has 1 aliphatic rings. The van der Waals surface area contributed by atoms with Gasteiger partial charge in [-0.15, -0.1) is 0 Å². The largest absolute Gasteiger partial charge is 0.471 e. The van der Waals surface area contributed by atoms with Crippen LogP contribution in [0.5, 0.6) is 0 Å².